The zero-order valence-electron chi connectivity index (χ0n) is 11.3. The van der Waals surface area contributed by atoms with Crippen LogP contribution in [0.5, 0.6) is 0 Å². The number of alkyl halides is 1. The maximum atomic E-state index is 5.85. The van der Waals surface area contributed by atoms with Crippen molar-refractivity contribution in [2.45, 2.75) is 58.0 Å². The minimum Gasteiger partial charge on any atom is -0.377 e. The molecule has 0 aromatic carbocycles. The Labute approximate surface area is 112 Å². The number of hydrogen-bond acceptors (Lipinski definition) is 2. The van der Waals surface area contributed by atoms with E-state index in [4.69, 9.17) is 16.3 Å². The predicted molar refractivity (Wildman–Crippen MR) is 74.9 cm³/mol. The van der Waals surface area contributed by atoms with Gasteiger partial charge in [0, 0.05) is 19.0 Å². The highest BCUT2D eigenvalue weighted by molar-refractivity contribution is 6.17. The van der Waals surface area contributed by atoms with Crippen LogP contribution in [0.2, 0.25) is 0 Å². The van der Waals surface area contributed by atoms with Crippen molar-refractivity contribution in [1.29, 1.82) is 0 Å². The second-order valence-corrected chi connectivity index (χ2v) is 5.42. The first-order chi connectivity index (χ1) is 8.36. The van der Waals surface area contributed by atoms with Crippen LogP contribution in [0.1, 0.15) is 51.9 Å². The van der Waals surface area contributed by atoms with Crippen LogP contribution in [0.15, 0.2) is 0 Å². The molecule has 0 radical (unpaired) electrons. The van der Waals surface area contributed by atoms with Crippen LogP contribution in [-0.4, -0.2) is 43.1 Å². The Morgan fingerprint density at radius 2 is 2.06 bits per heavy atom. The molecular weight excluding hydrogens is 234 g/mol. The number of piperidine rings is 1. The van der Waals surface area contributed by atoms with Gasteiger partial charge in [-0.05, 0) is 45.2 Å². The number of likely N-dealkylation sites (tertiary alicyclic amines) is 1. The predicted octanol–water partition coefficient (Wildman–Crippen LogP) is 3.68. The maximum Gasteiger partial charge on any atom is 0.0702 e. The lowest BCUT2D eigenvalue weighted by Crippen LogP contribution is -2.40. The third kappa shape index (κ3) is 7.28. The van der Waals surface area contributed by atoms with Gasteiger partial charge in [-0.25, -0.2) is 0 Å². The number of ether oxygens (including phenoxy) is 1. The summed E-state index contributed by atoms with van der Waals surface area (Å²) >= 11 is 5.67. The van der Waals surface area contributed by atoms with Crippen LogP contribution >= 0.6 is 11.6 Å². The lowest BCUT2D eigenvalue weighted by molar-refractivity contribution is -0.000355. The summed E-state index contributed by atoms with van der Waals surface area (Å²) in [6, 6.07) is 0. The molecule has 1 aliphatic rings. The molecule has 0 aliphatic carbocycles. The van der Waals surface area contributed by atoms with Gasteiger partial charge in [0.15, 0.2) is 0 Å². The van der Waals surface area contributed by atoms with Crippen LogP contribution in [0.3, 0.4) is 0 Å². The molecular formula is C14H28ClNO. The van der Waals surface area contributed by atoms with Gasteiger partial charge in [-0.1, -0.05) is 19.8 Å². The summed E-state index contributed by atoms with van der Waals surface area (Å²) in [7, 11) is 0. The second kappa shape index (κ2) is 10.2. The average Bonchev–Trinajstić information content (AvgIpc) is 2.37. The second-order valence-electron chi connectivity index (χ2n) is 5.04. The van der Waals surface area contributed by atoms with Crippen LogP contribution in [0.4, 0.5) is 0 Å². The molecule has 0 amide bonds. The van der Waals surface area contributed by atoms with Crippen molar-refractivity contribution in [2.24, 2.45) is 0 Å². The van der Waals surface area contributed by atoms with Gasteiger partial charge in [0.2, 0.25) is 0 Å². The number of rotatable bonds is 9. The van der Waals surface area contributed by atoms with Crippen LogP contribution in [0.25, 0.3) is 0 Å². The Morgan fingerprint density at radius 3 is 2.82 bits per heavy atom. The molecule has 17 heavy (non-hydrogen) atoms. The van der Waals surface area contributed by atoms with Gasteiger partial charge in [0.1, 0.15) is 0 Å². The molecule has 0 N–H and O–H groups in total. The van der Waals surface area contributed by atoms with Gasteiger partial charge in [-0.3, -0.25) is 0 Å². The molecule has 102 valence electrons. The monoisotopic (exact) mass is 261 g/mol. The van der Waals surface area contributed by atoms with E-state index in [1.807, 2.05) is 0 Å². The Kier molecular flexibility index (Phi) is 9.13. The van der Waals surface area contributed by atoms with E-state index in [1.165, 1.54) is 51.6 Å². The third-order valence-electron chi connectivity index (χ3n) is 3.38. The minimum atomic E-state index is 0.492. The Balaban J connectivity index is 2.03. The van der Waals surface area contributed by atoms with Gasteiger partial charge in [0.05, 0.1) is 6.10 Å². The van der Waals surface area contributed by atoms with E-state index in [0.717, 1.165) is 25.5 Å². The minimum absolute atomic E-state index is 0.492. The topological polar surface area (TPSA) is 12.5 Å². The smallest absolute Gasteiger partial charge is 0.0702 e. The summed E-state index contributed by atoms with van der Waals surface area (Å²) in [5, 5.41) is 0. The molecule has 1 rings (SSSR count). The molecule has 1 heterocycles. The van der Waals surface area contributed by atoms with Crippen LogP contribution < -0.4 is 0 Å². The van der Waals surface area contributed by atoms with Crippen molar-refractivity contribution in [3.8, 4) is 0 Å². The summed E-state index contributed by atoms with van der Waals surface area (Å²) in [6.45, 7) is 6.76. The van der Waals surface area contributed by atoms with E-state index in [-0.39, 0.29) is 0 Å². The molecule has 1 aliphatic heterocycles. The summed E-state index contributed by atoms with van der Waals surface area (Å²) in [5.41, 5.74) is 0. The molecule has 3 heteroatoms. The Hall–Kier alpha value is 0.210. The zero-order valence-corrected chi connectivity index (χ0v) is 12.1. The maximum absolute atomic E-state index is 5.85. The fourth-order valence-corrected chi connectivity index (χ4v) is 2.61. The largest absolute Gasteiger partial charge is 0.377 e. The average molecular weight is 262 g/mol. The van der Waals surface area contributed by atoms with Crippen molar-refractivity contribution < 1.29 is 4.74 Å². The molecule has 1 atom stereocenters. The van der Waals surface area contributed by atoms with Gasteiger partial charge >= 0.3 is 0 Å². The number of halogens is 1. The summed E-state index contributed by atoms with van der Waals surface area (Å²) in [6.07, 6.45) is 9.28. The fraction of sp³-hybridized carbons (Fsp3) is 1.00. The lowest BCUT2D eigenvalue weighted by atomic mass is 10.1. The fourth-order valence-electron chi connectivity index (χ4n) is 2.42. The van der Waals surface area contributed by atoms with Crippen molar-refractivity contribution in [3.05, 3.63) is 0 Å². The number of nitrogens with zero attached hydrogens (tertiary/aromatic N) is 1. The Morgan fingerprint density at radius 1 is 1.24 bits per heavy atom. The summed E-state index contributed by atoms with van der Waals surface area (Å²) in [4.78, 5) is 2.57. The Bertz CT molecular complexity index is 178. The molecule has 0 saturated carbocycles. The van der Waals surface area contributed by atoms with Crippen molar-refractivity contribution in [3.63, 3.8) is 0 Å². The summed E-state index contributed by atoms with van der Waals surface area (Å²) < 4.78 is 5.85. The van der Waals surface area contributed by atoms with E-state index in [0.29, 0.717) is 6.10 Å². The molecule has 1 unspecified atom stereocenters. The highest BCUT2D eigenvalue weighted by atomic mass is 35.5. The van der Waals surface area contributed by atoms with E-state index in [9.17, 15) is 0 Å². The van der Waals surface area contributed by atoms with E-state index >= 15 is 0 Å². The first kappa shape index (κ1) is 15.3. The van der Waals surface area contributed by atoms with Crippen molar-refractivity contribution in [2.75, 3.05) is 32.1 Å². The highest BCUT2D eigenvalue weighted by Gasteiger charge is 2.19. The van der Waals surface area contributed by atoms with Crippen molar-refractivity contribution in [1.82, 2.24) is 4.90 Å². The summed E-state index contributed by atoms with van der Waals surface area (Å²) in [5.74, 6) is 0.816. The standard InChI is InChI=1S/C14H28ClNO/c1-2-12-17-14-8-7-11-16(13-14)10-6-4-3-5-9-15/h14H,2-13H2,1H3. The first-order valence-corrected chi connectivity index (χ1v) is 7.80. The van der Waals surface area contributed by atoms with E-state index in [2.05, 4.69) is 11.8 Å². The molecule has 2 nitrogen and oxygen atoms in total. The molecule has 0 aromatic rings. The third-order valence-corrected chi connectivity index (χ3v) is 3.65. The van der Waals surface area contributed by atoms with Gasteiger partial charge < -0.3 is 9.64 Å². The molecule has 0 bridgehead atoms. The van der Waals surface area contributed by atoms with Gasteiger partial charge in [0.25, 0.3) is 0 Å². The first-order valence-electron chi connectivity index (χ1n) is 7.26. The van der Waals surface area contributed by atoms with E-state index < -0.39 is 0 Å². The SMILES string of the molecule is CCCOC1CCCN(CCCCCCCl)C1. The van der Waals surface area contributed by atoms with Gasteiger partial charge in [-0.15, -0.1) is 11.6 Å². The molecule has 1 saturated heterocycles. The highest BCUT2D eigenvalue weighted by Crippen LogP contribution is 2.14. The number of hydrogen-bond donors (Lipinski definition) is 0. The van der Waals surface area contributed by atoms with Crippen molar-refractivity contribution >= 4 is 11.6 Å². The zero-order chi connectivity index (χ0) is 12.3. The molecule has 0 aromatic heterocycles. The van der Waals surface area contributed by atoms with E-state index in [1.54, 1.807) is 0 Å². The molecule has 1 fully saturated rings. The van der Waals surface area contributed by atoms with Crippen LogP contribution in [-0.2, 0) is 4.74 Å². The number of unbranched alkanes of at least 4 members (excludes halogenated alkanes) is 3. The molecule has 0 spiro atoms. The normalized spacial score (nSPS) is 21.9. The van der Waals surface area contributed by atoms with Crippen LogP contribution in [0, 0.1) is 0 Å². The quantitative estimate of drug-likeness (QED) is 0.464. The lowest BCUT2D eigenvalue weighted by Gasteiger charge is -2.32. The van der Waals surface area contributed by atoms with Gasteiger partial charge in [-0.2, -0.15) is 0 Å².